The van der Waals surface area contributed by atoms with Crippen molar-refractivity contribution in [3.8, 4) is 5.69 Å². The topological polar surface area (TPSA) is 73.1 Å². The standard InChI is InChI=1S/C29H31N3O4S/c1-5-35-16-15-31-27(33)26(37-29(31)30-24-12-8-7-9-13-24)19-23-17-20(3)32(21(23)4)25-14-10-11-22(18-25)28(34)36-6-2/h7-14,17-19H,5-6,15-16H2,1-4H3/b26-19-,30-29?. The van der Waals surface area contributed by atoms with Crippen LogP contribution in [-0.2, 0) is 14.3 Å². The zero-order valence-corrected chi connectivity index (χ0v) is 22.4. The minimum atomic E-state index is -0.348. The van der Waals surface area contributed by atoms with E-state index in [0.29, 0.717) is 42.0 Å². The van der Waals surface area contributed by atoms with Gasteiger partial charge < -0.3 is 14.0 Å². The highest BCUT2D eigenvalue weighted by molar-refractivity contribution is 8.18. The highest BCUT2D eigenvalue weighted by atomic mass is 32.2. The number of aliphatic imine (C=N–C) groups is 1. The number of nitrogens with zero attached hydrogens (tertiary/aromatic N) is 3. The average molecular weight is 518 g/mol. The maximum Gasteiger partial charge on any atom is 0.338 e. The van der Waals surface area contributed by atoms with Gasteiger partial charge in [0.15, 0.2) is 5.17 Å². The van der Waals surface area contributed by atoms with Crippen LogP contribution in [0.25, 0.3) is 11.8 Å². The van der Waals surface area contributed by atoms with E-state index >= 15 is 0 Å². The molecule has 1 saturated heterocycles. The molecule has 1 aliphatic rings. The number of thioether (sulfide) groups is 1. The molecule has 0 radical (unpaired) electrons. The van der Waals surface area contributed by atoms with Crippen molar-refractivity contribution in [2.24, 2.45) is 4.99 Å². The van der Waals surface area contributed by atoms with Crippen LogP contribution in [0.4, 0.5) is 5.69 Å². The minimum absolute atomic E-state index is 0.0894. The first-order chi connectivity index (χ1) is 17.9. The van der Waals surface area contributed by atoms with Crippen LogP contribution in [0.2, 0.25) is 0 Å². The second-order valence-electron chi connectivity index (χ2n) is 8.43. The van der Waals surface area contributed by atoms with E-state index in [4.69, 9.17) is 14.5 Å². The first-order valence-electron chi connectivity index (χ1n) is 12.3. The molecule has 2 aromatic carbocycles. The van der Waals surface area contributed by atoms with Gasteiger partial charge in [-0.05, 0) is 87.5 Å². The van der Waals surface area contributed by atoms with Gasteiger partial charge in [-0.3, -0.25) is 9.69 Å². The van der Waals surface area contributed by atoms with Crippen LogP contribution in [0.5, 0.6) is 0 Å². The number of carbonyl (C=O) groups is 2. The Kier molecular flexibility index (Phi) is 8.63. The van der Waals surface area contributed by atoms with Crippen molar-refractivity contribution >= 4 is 40.6 Å². The van der Waals surface area contributed by atoms with Crippen LogP contribution in [0.15, 0.2) is 70.6 Å². The number of rotatable bonds is 9. The van der Waals surface area contributed by atoms with Gasteiger partial charge in [0, 0.05) is 23.7 Å². The number of aryl methyl sites for hydroxylation is 1. The fourth-order valence-electron chi connectivity index (χ4n) is 4.16. The zero-order chi connectivity index (χ0) is 26.4. The van der Waals surface area contributed by atoms with Crippen LogP contribution in [0, 0.1) is 13.8 Å². The number of aromatic nitrogens is 1. The van der Waals surface area contributed by atoms with Crippen molar-refractivity contribution < 1.29 is 19.1 Å². The number of esters is 1. The fourth-order valence-corrected chi connectivity index (χ4v) is 5.18. The maximum atomic E-state index is 13.4. The molecular weight excluding hydrogens is 486 g/mol. The van der Waals surface area contributed by atoms with Crippen LogP contribution in [0.3, 0.4) is 0 Å². The van der Waals surface area contributed by atoms with E-state index < -0.39 is 0 Å². The molecule has 1 fully saturated rings. The van der Waals surface area contributed by atoms with Gasteiger partial charge in [-0.25, -0.2) is 9.79 Å². The quantitative estimate of drug-likeness (QED) is 0.200. The lowest BCUT2D eigenvalue weighted by atomic mass is 10.2. The van der Waals surface area contributed by atoms with Gasteiger partial charge in [0.05, 0.1) is 35.9 Å². The van der Waals surface area contributed by atoms with E-state index in [0.717, 1.165) is 28.3 Å². The van der Waals surface area contributed by atoms with Gasteiger partial charge >= 0.3 is 5.97 Å². The molecule has 0 saturated carbocycles. The third-order valence-electron chi connectivity index (χ3n) is 5.90. The Morgan fingerprint density at radius 3 is 2.54 bits per heavy atom. The Morgan fingerprint density at radius 2 is 1.81 bits per heavy atom. The number of ether oxygens (including phenoxy) is 2. The van der Waals surface area contributed by atoms with Gasteiger partial charge in [0.2, 0.25) is 0 Å². The third-order valence-corrected chi connectivity index (χ3v) is 6.91. The molecule has 4 rings (SSSR count). The fraction of sp³-hybridized carbons (Fsp3) is 0.276. The average Bonchev–Trinajstić information content (AvgIpc) is 3.34. The highest BCUT2D eigenvalue weighted by Gasteiger charge is 2.33. The largest absolute Gasteiger partial charge is 0.462 e. The van der Waals surface area contributed by atoms with Crippen molar-refractivity contribution in [1.82, 2.24) is 9.47 Å². The molecule has 2 heterocycles. The predicted molar refractivity (Wildman–Crippen MR) is 149 cm³/mol. The molecule has 0 atom stereocenters. The number of amidine groups is 1. The second kappa shape index (κ2) is 12.1. The first kappa shape index (κ1) is 26.4. The van der Waals surface area contributed by atoms with Crippen LogP contribution < -0.4 is 0 Å². The molecule has 0 aliphatic carbocycles. The van der Waals surface area contributed by atoms with Gasteiger partial charge in [-0.15, -0.1) is 0 Å². The van der Waals surface area contributed by atoms with Gasteiger partial charge in [0.1, 0.15) is 0 Å². The van der Waals surface area contributed by atoms with E-state index in [-0.39, 0.29) is 11.9 Å². The molecule has 192 valence electrons. The number of benzene rings is 2. The molecule has 1 aliphatic heterocycles. The van der Waals surface area contributed by atoms with Crippen molar-refractivity contribution in [3.05, 3.63) is 88.1 Å². The van der Waals surface area contributed by atoms with E-state index in [1.807, 2.05) is 81.4 Å². The number of hydrogen-bond acceptors (Lipinski definition) is 6. The molecule has 1 amide bonds. The number of carbonyl (C=O) groups excluding carboxylic acids is 2. The molecular formula is C29H31N3O4S. The van der Waals surface area contributed by atoms with Crippen LogP contribution >= 0.6 is 11.8 Å². The lowest BCUT2D eigenvalue weighted by Crippen LogP contribution is -2.32. The maximum absolute atomic E-state index is 13.4. The van der Waals surface area contributed by atoms with Gasteiger partial charge in [-0.1, -0.05) is 24.3 Å². The Bertz CT molecular complexity index is 1340. The van der Waals surface area contributed by atoms with Crippen molar-refractivity contribution in [2.75, 3.05) is 26.4 Å². The Balaban J connectivity index is 1.67. The molecule has 0 bridgehead atoms. The molecule has 1 aromatic heterocycles. The third kappa shape index (κ3) is 6.03. The van der Waals surface area contributed by atoms with E-state index in [1.54, 1.807) is 17.9 Å². The second-order valence-corrected chi connectivity index (χ2v) is 9.44. The Morgan fingerprint density at radius 1 is 1.03 bits per heavy atom. The number of para-hydroxylation sites is 1. The summed E-state index contributed by atoms with van der Waals surface area (Å²) in [5.74, 6) is -0.437. The molecule has 37 heavy (non-hydrogen) atoms. The summed E-state index contributed by atoms with van der Waals surface area (Å²) in [5, 5.41) is 0.637. The molecule has 3 aromatic rings. The highest BCUT2D eigenvalue weighted by Crippen LogP contribution is 2.35. The lowest BCUT2D eigenvalue weighted by Gasteiger charge is -2.15. The monoisotopic (exact) mass is 517 g/mol. The van der Waals surface area contributed by atoms with E-state index in [1.165, 1.54) is 11.8 Å². The van der Waals surface area contributed by atoms with Crippen molar-refractivity contribution in [2.45, 2.75) is 27.7 Å². The van der Waals surface area contributed by atoms with Gasteiger partial charge in [0.25, 0.3) is 5.91 Å². The van der Waals surface area contributed by atoms with E-state index in [9.17, 15) is 9.59 Å². The Labute approximate surface area is 221 Å². The molecule has 0 N–H and O–H groups in total. The molecule has 7 nitrogen and oxygen atoms in total. The lowest BCUT2D eigenvalue weighted by molar-refractivity contribution is -0.122. The summed E-state index contributed by atoms with van der Waals surface area (Å²) in [6, 6.07) is 19.0. The summed E-state index contributed by atoms with van der Waals surface area (Å²) in [6.07, 6.45) is 1.92. The normalized spacial score (nSPS) is 15.7. The van der Waals surface area contributed by atoms with Crippen molar-refractivity contribution in [3.63, 3.8) is 0 Å². The molecule has 0 spiro atoms. The minimum Gasteiger partial charge on any atom is -0.462 e. The van der Waals surface area contributed by atoms with Crippen LogP contribution in [0.1, 0.15) is 41.2 Å². The molecule has 8 heteroatoms. The summed E-state index contributed by atoms with van der Waals surface area (Å²) >= 11 is 1.37. The van der Waals surface area contributed by atoms with Crippen molar-refractivity contribution in [1.29, 1.82) is 0 Å². The van der Waals surface area contributed by atoms with Gasteiger partial charge in [-0.2, -0.15) is 0 Å². The summed E-state index contributed by atoms with van der Waals surface area (Å²) in [6.45, 7) is 9.52. The smallest absolute Gasteiger partial charge is 0.338 e. The number of amides is 1. The SMILES string of the molecule is CCOCCN1C(=O)/C(=C/c2cc(C)n(-c3cccc(C(=O)OCC)c3)c2C)SC1=Nc1ccccc1. The first-order valence-corrected chi connectivity index (χ1v) is 13.1. The predicted octanol–water partition coefficient (Wildman–Crippen LogP) is 5.91. The summed E-state index contributed by atoms with van der Waals surface area (Å²) in [7, 11) is 0. The summed E-state index contributed by atoms with van der Waals surface area (Å²) in [4.78, 5) is 32.7. The number of hydrogen-bond donors (Lipinski definition) is 0. The summed E-state index contributed by atoms with van der Waals surface area (Å²) < 4.78 is 12.7. The molecule has 0 unspecified atom stereocenters. The zero-order valence-electron chi connectivity index (χ0n) is 21.6. The van der Waals surface area contributed by atoms with Crippen LogP contribution in [-0.4, -0.2) is 52.9 Å². The van der Waals surface area contributed by atoms with E-state index in [2.05, 4.69) is 4.57 Å². The Hall–Kier alpha value is -3.62. The summed E-state index contributed by atoms with van der Waals surface area (Å²) in [5.41, 5.74) is 5.04.